The van der Waals surface area contributed by atoms with Crippen LogP contribution in [0.2, 0.25) is 0 Å². The highest BCUT2D eigenvalue weighted by molar-refractivity contribution is 5.78. The van der Waals surface area contributed by atoms with E-state index in [-0.39, 0.29) is 0 Å². The Morgan fingerprint density at radius 3 is 2.81 bits per heavy atom. The van der Waals surface area contributed by atoms with Crippen LogP contribution in [0.4, 0.5) is 0 Å². The molecule has 0 spiro atoms. The van der Waals surface area contributed by atoms with Gasteiger partial charge in [0.25, 0.3) is 0 Å². The number of ether oxygens (including phenoxy) is 1. The third kappa shape index (κ3) is 1.71. The molecule has 0 heterocycles. The molecule has 0 saturated carbocycles. The Morgan fingerprint density at radius 1 is 1.44 bits per heavy atom. The lowest BCUT2D eigenvalue weighted by Crippen LogP contribution is -2.45. The zero-order valence-electron chi connectivity index (χ0n) is 9.62. The lowest BCUT2D eigenvalue weighted by atomic mass is 9.80. The molecule has 86 valence electrons. The van der Waals surface area contributed by atoms with Crippen molar-refractivity contribution < 1.29 is 14.6 Å². The van der Waals surface area contributed by atoms with Gasteiger partial charge in [-0.25, -0.2) is 4.79 Å². The number of carbonyl (C=O) groups is 1. The number of rotatable bonds is 2. The van der Waals surface area contributed by atoms with Crippen LogP contribution in [-0.2, 0) is 22.4 Å². The van der Waals surface area contributed by atoms with Crippen molar-refractivity contribution in [2.75, 3.05) is 7.11 Å². The van der Waals surface area contributed by atoms with Crippen LogP contribution in [0.25, 0.3) is 0 Å². The Balaban J connectivity index is 2.38. The fourth-order valence-electron chi connectivity index (χ4n) is 2.34. The van der Waals surface area contributed by atoms with Gasteiger partial charge in [-0.15, -0.1) is 0 Å². The van der Waals surface area contributed by atoms with E-state index in [1.807, 2.05) is 6.92 Å². The second-order valence-electron chi connectivity index (χ2n) is 4.45. The molecule has 2 rings (SSSR count). The summed E-state index contributed by atoms with van der Waals surface area (Å²) in [6.45, 7) is 2.02. The smallest absolute Gasteiger partial charge is 0.336 e. The molecule has 1 unspecified atom stereocenters. The maximum atomic E-state index is 11.3. The lowest BCUT2D eigenvalue weighted by Gasteiger charge is -2.33. The van der Waals surface area contributed by atoms with Crippen molar-refractivity contribution in [3.63, 3.8) is 0 Å². The maximum absolute atomic E-state index is 11.3. The van der Waals surface area contributed by atoms with Crippen molar-refractivity contribution in [2.45, 2.75) is 31.8 Å². The van der Waals surface area contributed by atoms with Gasteiger partial charge in [0.05, 0.1) is 0 Å². The normalized spacial score (nSPS) is 23.9. The number of benzene rings is 1. The number of methoxy groups -OCH3 is 1. The van der Waals surface area contributed by atoms with Gasteiger partial charge in [0, 0.05) is 13.5 Å². The molecule has 1 atom stereocenters. The number of fused-ring (bicyclic) bond motifs is 1. The number of aryl methyl sites for hydroxylation is 2. The molecule has 0 aliphatic heterocycles. The molecule has 3 heteroatoms. The van der Waals surface area contributed by atoms with E-state index in [1.165, 1.54) is 12.7 Å². The van der Waals surface area contributed by atoms with Gasteiger partial charge in [-0.3, -0.25) is 0 Å². The van der Waals surface area contributed by atoms with E-state index in [1.54, 1.807) is 0 Å². The quantitative estimate of drug-likeness (QED) is 0.828. The van der Waals surface area contributed by atoms with Crippen LogP contribution in [0.15, 0.2) is 18.2 Å². The molecule has 0 radical (unpaired) electrons. The van der Waals surface area contributed by atoms with Crippen LogP contribution in [0, 0.1) is 6.92 Å². The van der Waals surface area contributed by atoms with Gasteiger partial charge in [0.15, 0.2) is 5.60 Å². The summed E-state index contributed by atoms with van der Waals surface area (Å²) in [6, 6.07) is 6.22. The molecule has 1 aliphatic carbocycles. The number of aliphatic carboxylic acids is 1. The van der Waals surface area contributed by atoms with Gasteiger partial charge in [0.1, 0.15) is 0 Å². The number of carboxylic acid groups (broad SMARTS) is 1. The Kier molecular flexibility index (Phi) is 2.72. The fraction of sp³-hybridized carbons (Fsp3) is 0.462. The number of hydrogen-bond acceptors (Lipinski definition) is 2. The summed E-state index contributed by atoms with van der Waals surface area (Å²) in [6.07, 6.45) is 1.79. The first kappa shape index (κ1) is 11.1. The van der Waals surface area contributed by atoms with Gasteiger partial charge >= 0.3 is 5.97 Å². The summed E-state index contributed by atoms with van der Waals surface area (Å²) in [5, 5.41) is 9.26. The summed E-state index contributed by atoms with van der Waals surface area (Å²) < 4.78 is 5.24. The van der Waals surface area contributed by atoms with E-state index in [9.17, 15) is 9.90 Å². The minimum absolute atomic E-state index is 0.468. The van der Waals surface area contributed by atoms with Crippen molar-refractivity contribution in [1.29, 1.82) is 0 Å². The molecular weight excluding hydrogens is 204 g/mol. The summed E-state index contributed by atoms with van der Waals surface area (Å²) in [5.74, 6) is -0.859. The Bertz CT molecular complexity index is 425. The van der Waals surface area contributed by atoms with Gasteiger partial charge in [0.2, 0.25) is 0 Å². The van der Waals surface area contributed by atoms with E-state index in [2.05, 4.69) is 18.2 Å². The summed E-state index contributed by atoms with van der Waals surface area (Å²) >= 11 is 0. The molecule has 0 saturated heterocycles. The number of carboxylic acids is 1. The van der Waals surface area contributed by atoms with Crippen LogP contribution >= 0.6 is 0 Å². The highest BCUT2D eigenvalue weighted by atomic mass is 16.5. The maximum Gasteiger partial charge on any atom is 0.336 e. The highest BCUT2D eigenvalue weighted by Crippen LogP contribution is 2.32. The first-order valence-corrected chi connectivity index (χ1v) is 5.44. The molecule has 0 aromatic heterocycles. The van der Waals surface area contributed by atoms with Crippen molar-refractivity contribution in [2.24, 2.45) is 0 Å². The van der Waals surface area contributed by atoms with Gasteiger partial charge in [-0.05, 0) is 30.9 Å². The second-order valence-corrected chi connectivity index (χ2v) is 4.45. The second kappa shape index (κ2) is 3.91. The number of hydrogen-bond donors (Lipinski definition) is 1. The molecule has 3 nitrogen and oxygen atoms in total. The third-order valence-electron chi connectivity index (χ3n) is 3.42. The Hall–Kier alpha value is -1.35. The van der Waals surface area contributed by atoms with Crippen LogP contribution in [0.3, 0.4) is 0 Å². The molecule has 0 amide bonds. The van der Waals surface area contributed by atoms with Crippen LogP contribution in [-0.4, -0.2) is 23.8 Å². The zero-order chi connectivity index (χ0) is 11.8. The van der Waals surface area contributed by atoms with E-state index in [4.69, 9.17) is 4.74 Å². The Morgan fingerprint density at radius 2 is 2.19 bits per heavy atom. The summed E-state index contributed by atoms with van der Waals surface area (Å²) in [7, 11) is 1.48. The van der Waals surface area contributed by atoms with Crippen molar-refractivity contribution in [3.05, 3.63) is 34.9 Å². The topological polar surface area (TPSA) is 46.5 Å². The highest BCUT2D eigenvalue weighted by Gasteiger charge is 2.41. The molecule has 1 aromatic carbocycles. The molecule has 16 heavy (non-hydrogen) atoms. The van der Waals surface area contributed by atoms with Crippen molar-refractivity contribution >= 4 is 5.97 Å². The minimum atomic E-state index is -1.03. The van der Waals surface area contributed by atoms with E-state index < -0.39 is 11.6 Å². The van der Waals surface area contributed by atoms with E-state index >= 15 is 0 Å². The SMILES string of the molecule is COC1(C(=O)O)CCc2ccc(C)cc2C1. The summed E-state index contributed by atoms with van der Waals surface area (Å²) in [4.78, 5) is 11.3. The zero-order valence-corrected chi connectivity index (χ0v) is 9.62. The van der Waals surface area contributed by atoms with Crippen molar-refractivity contribution in [1.82, 2.24) is 0 Å². The summed E-state index contributed by atoms with van der Waals surface area (Å²) in [5.41, 5.74) is 2.49. The van der Waals surface area contributed by atoms with Gasteiger partial charge < -0.3 is 9.84 Å². The Labute approximate surface area is 95.0 Å². The largest absolute Gasteiger partial charge is 0.479 e. The molecular formula is C13H16O3. The van der Waals surface area contributed by atoms with Crippen LogP contribution < -0.4 is 0 Å². The molecule has 1 N–H and O–H groups in total. The van der Waals surface area contributed by atoms with Gasteiger partial charge in [-0.2, -0.15) is 0 Å². The standard InChI is InChI=1S/C13H16O3/c1-9-3-4-10-5-6-13(16-2,12(14)15)8-11(10)7-9/h3-4,7H,5-6,8H2,1-2H3,(H,14,15). The van der Waals surface area contributed by atoms with Crippen LogP contribution in [0.1, 0.15) is 23.1 Å². The van der Waals surface area contributed by atoms with E-state index in [0.29, 0.717) is 12.8 Å². The average molecular weight is 220 g/mol. The average Bonchev–Trinajstić information content (AvgIpc) is 2.27. The molecule has 0 fully saturated rings. The first-order valence-electron chi connectivity index (χ1n) is 5.44. The monoisotopic (exact) mass is 220 g/mol. The molecule has 1 aromatic rings. The minimum Gasteiger partial charge on any atom is -0.479 e. The third-order valence-corrected chi connectivity index (χ3v) is 3.42. The lowest BCUT2D eigenvalue weighted by molar-refractivity contribution is -0.163. The molecule has 0 bridgehead atoms. The van der Waals surface area contributed by atoms with Crippen molar-refractivity contribution in [3.8, 4) is 0 Å². The first-order chi connectivity index (χ1) is 7.57. The predicted molar refractivity (Wildman–Crippen MR) is 60.6 cm³/mol. The van der Waals surface area contributed by atoms with Gasteiger partial charge in [-0.1, -0.05) is 23.8 Å². The molecule has 1 aliphatic rings. The van der Waals surface area contributed by atoms with Crippen LogP contribution in [0.5, 0.6) is 0 Å². The van der Waals surface area contributed by atoms with E-state index in [0.717, 1.165) is 17.5 Å². The predicted octanol–water partition coefficient (Wildman–Crippen LogP) is 1.95. The fourth-order valence-corrected chi connectivity index (χ4v) is 2.34.